The molecule has 1 atom stereocenters. The lowest BCUT2D eigenvalue weighted by atomic mass is 9.86. The maximum Gasteiger partial charge on any atom is 0.244 e. The van der Waals surface area contributed by atoms with Crippen LogP contribution in [0.15, 0.2) is 11.1 Å². The molecule has 0 saturated heterocycles. The summed E-state index contributed by atoms with van der Waals surface area (Å²) in [6, 6.07) is -0.332. The first-order valence-corrected chi connectivity index (χ1v) is 7.30. The number of aromatic amines is 1. The molecule has 1 aromatic heterocycles. The van der Waals surface area contributed by atoms with E-state index >= 15 is 0 Å². The van der Waals surface area contributed by atoms with Crippen molar-refractivity contribution in [2.45, 2.75) is 45.1 Å². The minimum Gasteiger partial charge on any atom is -0.396 e. The van der Waals surface area contributed by atoms with Crippen LogP contribution in [0.2, 0.25) is 0 Å². The summed E-state index contributed by atoms with van der Waals surface area (Å²) in [7, 11) is -3.61. The van der Waals surface area contributed by atoms with Crippen LogP contribution in [0, 0.1) is 12.3 Å². The van der Waals surface area contributed by atoms with Gasteiger partial charge in [0.1, 0.15) is 4.90 Å². The molecule has 0 bridgehead atoms. The van der Waals surface area contributed by atoms with Crippen LogP contribution in [0.4, 0.5) is 0 Å². The Hall–Kier alpha value is -0.920. The number of nitrogens with one attached hydrogen (secondary N) is 2. The van der Waals surface area contributed by atoms with Crippen molar-refractivity contribution in [3.8, 4) is 0 Å². The third-order valence-electron chi connectivity index (χ3n) is 2.83. The Morgan fingerprint density at radius 2 is 2.11 bits per heavy atom. The van der Waals surface area contributed by atoms with Crippen molar-refractivity contribution in [3.05, 3.63) is 11.9 Å². The topological polar surface area (TPSA) is 95.1 Å². The average Bonchev–Trinajstić information content (AvgIpc) is 2.63. The van der Waals surface area contributed by atoms with Gasteiger partial charge in [0.05, 0.1) is 11.9 Å². The second-order valence-electron chi connectivity index (χ2n) is 5.41. The third-order valence-corrected chi connectivity index (χ3v) is 4.42. The molecule has 1 unspecified atom stereocenters. The standard InChI is InChI=1S/C11H21N3O3S/c1-8-9(7-12-13-8)18(16,17)14-10(5-6-15)11(2,3)4/h7,10,14-15H,5-6H2,1-4H3,(H,12,13). The zero-order valence-electron chi connectivity index (χ0n) is 11.2. The Morgan fingerprint density at radius 1 is 1.50 bits per heavy atom. The lowest BCUT2D eigenvalue weighted by molar-refractivity contribution is 0.214. The van der Waals surface area contributed by atoms with Crippen LogP contribution >= 0.6 is 0 Å². The van der Waals surface area contributed by atoms with Gasteiger partial charge in [-0.15, -0.1) is 0 Å². The molecular weight excluding hydrogens is 254 g/mol. The fourth-order valence-electron chi connectivity index (χ4n) is 1.66. The highest BCUT2D eigenvalue weighted by Gasteiger charge is 2.30. The second-order valence-corrected chi connectivity index (χ2v) is 7.09. The third kappa shape index (κ3) is 3.54. The van der Waals surface area contributed by atoms with Gasteiger partial charge in [0, 0.05) is 12.6 Å². The Bertz CT molecular complexity index is 488. The molecule has 0 amide bonds. The first-order valence-electron chi connectivity index (χ1n) is 5.81. The van der Waals surface area contributed by atoms with E-state index < -0.39 is 10.0 Å². The highest BCUT2D eigenvalue weighted by atomic mass is 32.2. The van der Waals surface area contributed by atoms with Crippen LogP contribution in [0.3, 0.4) is 0 Å². The molecule has 3 N–H and O–H groups in total. The molecule has 104 valence electrons. The fraction of sp³-hybridized carbons (Fsp3) is 0.727. The smallest absolute Gasteiger partial charge is 0.244 e. The SMILES string of the molecule is Cc1[nH]ncc1S(=O)(=O)NC(CCO)C(C)(C)C. The molecule has 0 aliphatic rings. The zero-order chi connectivity index (χ0) is 14.0. The van der Waals surface area contributed by atoms with Crippen molar-refractivity contribution in [1.29, 1.82) is 0 Å². The van der Waals surface area contributed by atoms with Gasteiger partial charge >= 0.3 is 0 Å². The molecular formula is C11H21N3O3S. The van der Waals surface area contributed by atoms with Crippen LogP contribution in [-0.4, -0.2) is 36.4 Å². The van der Waals surface area contributed by atoms with Crippen LogP contribution in [0.1, 0.15) is 32.9 Å². The summed E-state index contributed by atoms with van der Waals surface area (Å²) < 4.78 is 27.0. The predicted molar refractivity (Wildman–Crippen MR) is 68.6 cm³/mol. The molecule has 0 aliphatic carbocycles. The van der Waals surface area contributed by atoms with Gasteiger partial charge in [0.2, 0.25) is 10.0 Å². The number of rotatable bonds is 5. The summed E-state index contributed by atoms with van der Waals surface area (Å²) in [6.07, 6.45) is 1.66. The van der Waals surface area contributed by atoms with Crippen LogP contribution in [-0.2, 0) is 10.0 Å². The van der Waals surface area contributed by atoms with E-state index in [1.807, 2.05) is 20.8 Å². The average molecular weight is 275 g/mol. The number of sulfonamides is 1. The van der Waals surface area contributed by atoms with Crippen LogP contribution in [0.25, 0.3) is 0 Å². The number of hydrogen-bond acceptors (Lipinski definition) is 4. The molecule has 0 spiro atoms. The molecule has 7 heteroatoms. The molecule has 0 aliphatic heterocycles. The molecule has 1 aromatic rings. The Morgan fingerprint density at radius 3 is 2.50 bits per heavy atom. The van der Waals surface area contributed by atoms with Gasteiger partial charge < -0.3 is 5.11 Å². The summed E-state index contributed by atoms with van der Waals surface area (Å²) in [4.78, 5) is 0.148. The van der Waals surface area contributed by atoms with E-state index in [2.05, 4.69) is 14.9 Å². The minimum absolute atomic E-state index is 0.0607. The summed E-state index contributed by atoms with van der Waals surface area (Å²) in [5, 5.41) is 15.3. The first-order chi connectivity index (χ1) is 8.18. The van der Waals surface area contributed by atoms with Crippen molar-refractivity contribution >= 4 is 10.0 Å². The number of aliphatic hydroxyl groups excluding tert-OH is 1. The molecule has 0 radical (unpaired) electrons. The lowest BCUT2D eigenvalue weighted by Gasteiger charge is -2.30. The fourth-order valence-corrected chi connectivity index (χ4v) is 3.27. The summed E-state index contributed by atoms with van der Waals surface area (Å²) >= 11 is 0. The van der Waals surface area contributed by atoms with Gasteiger partial charge in [0.15, 0.2) is 0 Å². The number of hydrogen-bond donors (Lipinski definition) is 3. The zero-order valence-corrected chi connectivity index (χ0v) is 12.0. The number of aliphatic hydroxyl groups is 1. The van der Waals surface area contributed by atoms with Gasteiger partial charge in [-0.3, -0.25) is 5.10 Å². The predicted octanol–water partition coefficient (Wildman–Crippen LogP) is 0.794. The van der Waals surface area contributed by atoms with E-state index in [4.69, 9.17) is 5.11 Å². The minimum atomic E-state index is -3.61. The normalized spacial score (nSPS) is 14.7. The summed E-state index contributed by atoms with van der Waals surface area (Å²) in [5.41, 5.74) is 0.229. The van der Waals surface area contributed by atoms with E-state index in [0.717, 1.165) is 0 Å². The Kier molecular flexibility index (Phi) is 4.52. The molecule has 18 heavy (non-hydrogen) atoms. The number of aryl methyl sites for hydroxylation is 1. The highest BCUT2D eigenvalue weighted by Crippen LogP contribution is 2.24. The number of nitrogens with zero attached hydrogens (tertiary/aromatic N) is 1. The van der Waals surface area contributed by atoms with Crippen molar-refractivity contribution in [2.24, 2.45) is 5.41 Å². The van der Waals surface area contributed by atoms with Crippen molar-refractivity contribution in [3.63, 3.8) is 0 Å². The maximum atomic E-state index is 12.2. The van der Waals surface area contributed by atoms with Gasteiger partial charge in [-0.1, -0.05) is 20.8 Å². The molecule has 6 nitrogen and oxygen atoms in total. The van der Waals surface area contributed by atoms with Gasteiger partial charge in [-0.2, -0.15) is 5.10 Å². The van der Waals surface area contributed by atoms with E-state index in [-0.39, 0.29) is 23.0 Å². The molecule has 0 fully saturated rings. The van der Waals surface area contributed by atoms with Gasteiger partial charge in [-0.25, -0.2) is 13.1 Å². The molecule has 0 aromatic carbocycles. The number of H-pyrrole nitrogens is 1. The van der Waals surface area contributed by atoms with E-state index in [0.29, 0.717) is 12.1 Å². The van der Waals surface area contributed by atoms with E-state index in [9.17, 15) is 8.42 Å². The highest BCUT2D eigenvalue weighted by molar-refractivity contribution is 7.89. The quantitative estimate of drug-likeness (QED) is 0.740. The Balaban J connectivity index is 2.97. The largest absolute Gasteiger partial charge is 0.396 e. The second kappa shape index (κ2) is 5.38. The van der Waals surface area contributed by atoms with Crippen molar-refractivity contribution in [2.75, 3.05) is 6.61 Å². The summed E-state index contributed by atoms with van der Waals surface area (Å²) in [5.74, 6) is 0. The number of aromatic nitrogens is 2. The monoisotopic (exact) mass is 275 g/mol. The van der Waals surface area contributed by atoms with E-state index in [1.165, 1.54) is 6.20 Å². The van der Waals surface area contributed by atoms with Gasteiger partial charge in [-0.05, 0) is 18.8 Å². The maximum absolute atomic E-state index is 12.2. The Labute approximate surface area is 108 Å². The first kappa shape index (κ1) is 15.1. The molecule has 0 saturated carbocycles. The van der Waals surface area contributed by atoms with Crippen molar-refractivity contribution < 1.29 is 13.5 Å². The van der Waals surface area contributed by atoms with E-state index in [1.54, 1.807) is 6.92 Å². The molecule has 1 heterocycles. The lowest BCUT2D eigenvalue weighted by Crippen LogP contribution is -2.44. The molecule has 1 rings (SSSR count). The van der Waals surface area contributed by atoms with Crippen molar-refractivity contribution in [1.82, 2.24) is 14.9 Å². The van der Waals surface area contributed by atoms with Crippen LogP contribution in [0.5, 0.6) is 0 Å². The summed E-state index contributed by atoms with van der Waals surface area (Å²) in [6.45, 7) is 7.38. The van der Waals surface area contributed by atoms with Gasteiger partial charge in [0.25, 0.3) is 0 Å². The van der Waals surface area contributed by atoms with Crippen LogP contribution < -0.4 is 4.72 Å².